The largest absolute Gasteiger partial charge is 0.485 e. The van der Waals surface area contributed by atoms with Crippen molar-refractivity contribution >= 4 is 27.5 Å². The van der Waals surface area contributed by atoms with E-state index >= 15 is 0 Å². The van der Waals surface area contributed by atoms with Gasteiger partial charge in [0.05, 0.1) is 10.6 Å². The summed E-state index contributed by atoms with van der Waals surface area (Å²) in [4.78, 5) is 25.1. The van der Waals surface area contributed by atoms with E-state index in [1.807, 2.05) is 0 Å². The lowest BCUT2D eigenvalue weighted by atomic mass is 10.1. The van der Waals surface area contributed by atoms with E-state index in [0.717, 1.165) is 5.56 Å². The van der Waals surface area contributed by atoms with Gasteiger partial charge in [-0.2, -0.15) is 0 Å². The maximum Gasteiger partial charge on any atom is 0.283 e. The zero-order valence-electron chi connectivity index (χ0n) is 18.5. The number of benzene rings is 3. The number of anilines is 1. The van der Waals surface area contributed by atoms with Crippen molar-refractivity contribution < 1.29 is 27.5 Å². The molecule has 0 spiro atoms. The second-order valence-corrected chi connectivity index (χ2v) is 9.39. The zero-order valence-corrected chi connectivity index (χ0v) is 19.3. The molecule has 0 fully saturated rings. The number of hydrogen-bond acceptors (Lipinski definition) is 6. The van der Waals surface area contributed by atoms with Crippen molar-refractivity contribution in [2.24, 2.45) is 0 Å². The van der Waals surface area contributed by atoms with Gasteiger partial charge >= 0.3 is 0 Å². The Morgan fingerprint density at radius 2 is 1.59 bits per heavy atom. The van der Waals surface area contributed by atoms with Crippen LogP contribution in [-0.2, 0) is 14.8 Å². The quantitative estimate of drug-likeness (QED) is 0.482. The lowest BCUT2D eigenvalue weighted by Gasteiger charge is -2.25. The average Bonchev–Trinajstić information content (AvgIpc) is 2.83. The van der Waals surface area contributed by atoms with Gasteiger partial charge in [-0.1, -0.05) is 36.4 Å². The molecule has 176 valence electrons. The summed E-state index contributed by atoms with van der Waals surface area (Å²) in [5.74, 6) is -0.319. The van der Waals surface area contributed by atoms with Crippen LogP contribution < -0.4 is 25.0 Å². The van der Waals surface area contributed by atoms with E-state index in [-0.39, 0.29) is 17.1 Å². The second-order valence-electron chi connectivity index (χ2n) is 7.70. The van der Waals surface area contributed by atoms with Crippen molar-refractivity contribution in [3.05, 3.63) is 83.4 Å². The Hall–Kier alpha value is -4.05. The molecular formula is C24H23N3O6S. The summed E-state index contributed by atoms with van der Waals surface area (Å²) >= 11 is 0. The number of hydrazine groups is 1. The Balaban J connectivity index is 1.44. The summed E-state index contributed by atoms with van der Waals surface area (Å²) < 4.78 is 39.4. The predicted molar refractivity (Wildman–Crippen MR) is 125 cm³/mol. The maximum absolute atomic E-state index is 12.9. The molecule has 3 aromatic rings. The average molecular weight is 482 g/mol. The number of carbonyl (C=O) groups excluding carboxylic acids is 2. The van der Waals surface area contributed by atoms with Crippen LogP contribution in [-0.4, -0.2) is 32.9 Å². The Morgan fingerprint density at radius 1 is 0.882 bits per heavy atom. The van der Waals surface area contributed by atoms with Gasteiger partial charge in [0.25, 0.3) is 21.8 Å². The molecule has 0 saturated carbocycles. The van der Waals surface area contributed by atoms with Gasteiger partial charge in [-0.15, -0.1) is 0 Å². The Kier molecular flexibility index (Phi) is 6.42. The molecule has 4 rings (SSSR count). The molecule has 10 heteroatoms. The van der Waals surface area contributed by atoms with E-state index in [9.17, 15) is 18.0 Å². The van der Waals surface area contributed by atoms with E-state index < -0.39 is 27.9 Å². The summed E-state index contributed by atoms with van der Waals surface area (Å²) in [5, 5.41) is 0. The van der Waals surface area contributed by atoms with Crippen molar-refractivity contribution in [1.82, 2.24) is 10.9 Å². The van der Waals surface area contributed by atoms with Crippen molar-refractivity contribution in [1.29, 1.82) is 0 Å². The molecular weight excluding hydrogens is 458 g/mol. The third kappa shape index (κ3) is 4.96. The number of aryl methyl sites for hydroxylation is 2. The van der Waals surface area contributed by atoms with Crippen LogP contribution in [0, 0.1) is 13.8 Å². The molecule has 34 heavy (non-hydrogen) atoms. The number of fused-ring (bicyclic) bond motifs is 1. The Morgan fingerprint density at radius 3 is 2.35 bits per heavy atom. The molecule has 3 aromatic carbocycles. The number of ether oxygens (including phenoxy) is 2. The fourth-order valence-corrected chi connectivity index (χ4v) is 4.48. The number of rotatable bonds is 5. The fraction of sp³-hybridized carbons (Fsp3) is 0.167. The van der Waals surface area contributed by atoms with Crippen molar-refractivity contribution in [2.75, 3.05) is 11.3 Å². The predicted octanol–water partition coefficient (Wildman–Crippen LogP) is 2.71. The smallest absolute Gasteiger partial charge is 0.283 e. The van der Waals surface area contributed by atoms with Crippen LogP contribution in [0.25, 0.3) is 0 Å². The molecule has 0 radical (unpaired) electrons. The third-order valence-corrected chi connectivity index (χ3v) is 6.62. The minimum atomic E-state index is -3.94. The van der Waals surface area contributed by atoms with Crippen LogP contribution in [0.1, 0.15) is 21.5 Å². The number of para-hydroxylation sites is 3. The number of nitrogens with one attached hydrogen (secondary N) is 3. The van der Waals surface area contributed by atoms with Crippen LogP contribution in [0.3, 0.4) is 0 Å². The van der Waals surface area contributed by atoms with Crippen LogP contribution >= 0.6 is 0 Å². The molecule has 0 bridgehead atoms. The highest BCUT2D eigenvalue weighted by Gasteiger charge is 2.28. The molecule has 0 aromatic heterocycles. The molecule has 0 saturated heterocycles. The first kappa shape index (κ1) is 23.1. The highest BCUT2D eigenvalue weighted by atomic mass is 32.2. The summed E-state index contributed by atoms with van der Waals surface area (Å²) in [6.45, 7) is 3.43. The van der Waals surface area contributed by atoms with Crippen molar-refractivity contribution in [3.8, 4) is 11.5 Å². The van der Waals surface area contributed by atoms with E-state index in [4.69, 9.17) is 9.47 Å². The van der Waals surface area contributed by atoms with Crippen LogP contribution in [0.4, 0.5) is 5.69 Å². The molecule has 9 nitrogen and oxygen atoms in total. The van der Waals surface area contributed by atoms with Gasteiger partial charge in [-0.25, -0.2) is 8.42 Å². The molecule has 2 amide bonds. The monoisotopic (exact) mass is 481 g/mol. The zero-order chi connectivity index (χ0) is 24.3. The second kappa shape index (κ2) is 9.44. The van der Waals surface area contributed by atoms with Gasteiger partial charge in [0.2, 0.25) is 6.10 Å². The highest BCUT2D eigenvalue weighted by Crippen LogP contribution is 2.30. The molecule has 3 N–H and O–H groups in total. The molecule has 0 aliphatic carbocycles. The Labute approximate surface area is 197 Å². The third-order valence-electron chi connectivity index (χ3n) is 5.25. The van der Waals surface area contributed by atoms with E-state index in [2.05, 4.69) is 15.6 Å². The van der Waals surface area contributed by atoms with Gasteiger partial charge in [0.15, 0.2) is 11.5 Å². The van der Waals surface area contributed by atoms with Crippen LogP contribution in [0.2, 0.25) is 0 Å². The van der Waals surface area contributed by atoms with Gasteiger partial charge < -0.3 is 9.47 Å². The molecule has 1 heterocycles. The fourth-order valence-electron chi connectivity index (χ4n) is 3.32. The first-order valence-electron chi connectivity index (χ1n) is 10.4. The first-order valence-corrected chi connectivity index (χ1v) is 11.9. The minimum Gasteiger partial charge on any atom is -0.485 e. The summed E-state index contributed by atoms with van der Waals surface area (Å²) in [6.07, 6.45) is -0.957. The first-order chi connectivity index (χ1) is 16.2. The number of sulfonamides is 1. The number of carbonyl (C=O) groups is 2. The highest BCUT2D eigenvalue weighted by molar-refractivity contribution is 7.92. The van der Waals surface area contributed by atoms with Crippen LogP contribution in [0.5, 0.6) is 11.5 Å². The normalized spacial score (nSPS) is 14.7. The summed E-state index contributed by atoms with van der Waals surface area (Å²) in [6, 6.07) is 18.1. The standard InChI is InChI=1S/C24H23N3O6S/c1-15-11-12-17(34(30,31)27-19-8-4-3-7-16(19)2)13-18(15)23(28)25-26-24(29)22-14-32-20-9-5-6-10-21(20)33-22/h3-13,22,27H,14H2,1-2H3,(H,25,28)(H,26,29). The van der Waals surface area contributed by atoms with Gasteiger partial charge in [0.1, 0.15) is 6.61 Å². The van der Waals surface area contributed by atoms with E-state index in [0.29, 0.717) is 22.7 Å². The molecule has 1 unspecified atom stereocenters. The van der Waals surface area contributed by atoms with Gasteiger partial charge in [-0.05, 0) is 55.3 Å². The van der Waals surface area contributed by atoms with E-state index in [1.54, 1.807) is 62.4 Å². The lowest BCUT2D eigenvalue weighted by Crippen LogP contribution is -2.51. The SMILES string of the molecule is Cc1ccccc1NS(=O)(=O)c1ccc(C)c(C(=O)NNC(=O)C2COc3ccccc3O2)c1. The summed E-state index contributed by atoms with van der Waals surface area (Å²) in [5.41, 5.74) is 6.45. The Bertz CT molecular complexity index is 1360. The molecule has 1 aliphatic rings. The topological polar surface area (TPSA) is 123 Å². The lowest BCUT2D eigenvalue weighted by molar-refractivity contribution is -0.131. The molecule has 1 aliphatic heterocycles. The van der Waals surface area contributed by atoms with Crippen molar-refractivity contribution in [3.63, 3.8) is 0 Å². The van der Waals surface area contributed by atoms with Crippen molar-refractivity contribution in [2.45, 2.75) is 24.8 Å². The van der Waals surface area contributed by atoms with E-state index in [1.165, 1.54) is 18.2 Å². The van der Waals surface area contributed by atoms with Gasteiger partial charge in [-0.3, -0.25) is 25.2 Å². The maximum atomic E-state index is 12.9. The number of hydrogen-bond donors (Lipinski definition) is 3. The minimum absolute atomic E-state index is 0.0178. The van der Waals surface area contributed by atoms with Crippen LogP contribution in [0.15, 0.2) is 71.6 Å². The molecule has 1 atom stereocenters. The van der Waals surface area contributed by atoms with Gasteiger partial charge in [0, 0.05) is 5.56 Å². The summed E-state index contributed by atoms with van der Waals surface area (Å²) in [7, 11) is -3.94. The number of amides is 2.